The van der Waals surface area contributed by atoms with Crippen LogP contribution in [0.25, 0.3) is 0 Å². The number of amides is 1. The molecule has 0 aliphatic heterocycles. The molecule has 0 bridgehead atoms. The number of aliphatic hydroxyl groups excluding tert-OH is 1. The fourth-order valence-electron chi connectivity index (χ4n) is 2.11. The van der Waals surface area contributed by atoms with Gasteiger partial charge in [-0.2, -0.15) is 0 Å². The zero-order chi connectivity index (χ0) is 15.9. The van der Waals surface area contributed by atoms with Crippen LogP contribution in [0, 0.1) is 13.8 Å². The molecule has 0 atom stereocenters. The zero-order valence-electron chi connectivity index (χ0n) is 13.5. The Hall–Kier alpha value is -1.00. The van der Waals surface area contributed by atoms with Crippen LogP contribution >= 0.6 is 11.8 Å². The summed E-state index contributed by atoms with van der Waals surface area (Å²) in [6.07, 6.45) is 1.96. The molecule has 1 rings (SSSR count). The molecule has 118 valence electrons. The first-order valence-corrected chi connectivity index (χ1v) is 8.57. The maximum absolute atomic E-state index is 12.0. The summed E-state index contributed by atoms with van der Waals surface area (Å²) in [6.45, 7) is 8.18. The third-order valence-corrected chi connectivity index (χ3v) is 5.13. The minimum absolute atomic E-state index is 0.00393. The van der Waals surface area contributed by atoms with Gasteiger partial charge in [-0.25, -0.2) is 0 Å². The van der Waals surface area contributed by atoms with Crippen molar-refractivity contribution in [3.8, 4) is 0 Å². The molecule has 1 aromatic carbocycles. The molecular formula is C17H27NO2S. The van der Waals surface area contributed by atoms with Crippen LogP contribution < -0.4 is 5.32 Å². The van der Waals surface area contributed by atoms with Gasteiger partial charge in [0.25, 0.3) is 0 Å². The SMILES string of the molecule is CCC(CC)(CO)NC(=O)CCSc1ccc(C)c(C)c1. The van der Waals surface area contributed by atoms with E-state index in [9.17, 15) is 9.90 Å². The van der Waals surface area contributed by atoms with E-state index in [1.807, 2.05) is 13.8 Å². The van der Waals surface area contributed by atoms with E-state index in [4.69, 9.17) is 0 Å². The van der Waals surface area contributed by atoms with Gasteiger partial charge in [0.1, 0.15) is 0 Å². The second kappa shape index (κ2) is 8.44. The van der Waals surface area contributed by atoms with Gasteiger partial charge in [0.05, 0.1) is 12.1 Å². The van der Waals surface area contributed by atoms with Crippen LogP contribution in [-0.4, -0.2) is 28.9 Å². The Morgan fingerprint density at radius 1 is 1.24 bits per heavy atom. The van der Waals surface area contributed by atoms with Gasteiger partial charge in [0, 0.05) is 17.1 Å². The van der Waals surface area contributed by atoms with Crippen LogP contribution in [0.15, 0.2) is 23.1 Å². The molecule has 0 heterocycles. The molecule has 0 aliphatic rings. The predicted molar refractivity (Wildman–Crippen MR) is 89.8 cm³/mol. The number of carbonyl (C=O) groups excluding carboxylic acids is 1. The molecule has 0 spiro atoms. The second-order valence-corrected chi connectivity index (χ2v) is 6.71. The molecule has 0 saturated heterocycles. The third kappa shape index (κ3) is 5.36. The normalized spacial score (nSPS) is 11.5. The Kier molecular flexibility index (Phi) is 7.26. The molecule has 0 fully saturated rings. The fourth-order valence-corrected chi connectivity index (χ4v) is 3.06. The van der Waals surface area contributed by atoms with Gasteiger partial charge in [-0.15, -0.1) is 11.8 Å². The number of aryl methyl sites for hydroxylation is 2. The number of rotatable bonds is 8. The van der Waals surface area contributed by atoms with Crippen molar-refractivity contribution in [3.05, 3.63) is 29.3 Å². The fraction of sp³-hybridized carbons (Fsp3) is 0.588. The molecule has 0 radical (unpaired) electrons. The van der Waals surface area contributed by atoms with E-state index in [0.717, 1.165) is 18.6 Å². The molecular weight excluding hydrogens is 282 g/mol. The highest BCUT2D eigenvalue weighted by molar-refractivity contribution is 7.99. The van der Waals surface area contributed by atoms with Crippen LogP contribution in [0.1, 0.15) is 44.2 Å². The van der Waals surface area contributed by atoms with E-state index >= 15 is 0 Å². The van der Waals surface area contributed by atoms with Crippen LogP contribution in [0.4, 0.5) is 0 Å². The third-order valence-electron chi connectivity index (χ3n) is 4.14. The minimum Gasteiger partial charge on any atom is -0.394 e. The van der Waals surface area contributed by atoms with Crippen LogP contribution in [0.2, 0.25) is 0 Å². The van der Waals surface area contributed by atoms with Crippen molar-refractivity contribution in [2.45, 2.75) is 57.4 Å². The number of benzene rings is 1. The summed E-state index contributed by atoms with van der Waals surface area (Å²) < 4.78 is 0. The molecule has 0 aliphatic carbocycles. The van der Waals surface area contributed by atoms with Crippen molar-refractivity contribution >= 4 is 17.7 Å². The van der Waals surface area contributed by atoms with E-state index in [1.54, 1.807) is 11.8 Å². The Bertz CT molecular complexity index is 462. The molecule has 1 aromatic rings. The Morgan fingerprint density at radius 2 is 1.90 bits per heavy atom. The standard InChI is InChI=1S/C17H27NO2S/c1-5-17(6-2,12-19)18-16(20)9-10-21-15-8-7-13(3)14(4)11-15/h7-8,11,19H,5-6,9-10,12H2,1-4H3,(H,18,20). The number of hydrogen-bond donors (Lipinski definition) is 2. The Labute approximate surface area is 132 Å². The maximum Gasteiger partial charge on any atom is 0.221 e. The molecule has 21 heavy (non-hydrogen) atoms. The van der Waals surface area contributed by atoms with Crippen LogP contribution in [0.3, 0.4) is 0 Å². The van der Waals surface area contributed by atoms with E-state index in [0.29, 0.717) is 6.42 Å². The average Bonchev–Trinajstić information content (AvgIpc) is 2.48. The molecule has 3 nitrogen and oxygen atoms in total. The van der Waals surface area contributed by atoms with Gasteiger partial charge in [0.2, 0.25) is 5.91 Å². The lowest BCUT2D eigenvalue weighted by Crippen LogP contribution is -2.50. The average molecular weight is 309 g/mol. The van der Waals surface area contributed by atoms with Crippen molar-refractivity contribution in [1.29, 1.82) is 0 Å². The summed E-state index contributed by atoms with van der Waals surface area (Å²) in [5.41, 5.74) is 2.11. The van der Waals surface area contributed by atoms with Crippen molar-refractivity contribution in [2.24, 2.45) is 0 Å². The number of nitrogens with one attached hydrogen (secondary N) is 1. The summed E-state index contributed by atoms with van der Waals surface area (Å²) >= 11 is 1.70. The molecule has 4 heteroatoms. The van der Waals surface area contributed by atoms with E-state index in [1.165, 1.54) is 16.0 Å². The van der Waals surface area contributed by atoms with Gasteiger partial charge in [-0.3, -0.25) is 4.79 Å². The van der Waals surface area contributed by atoms with Gasteiger partial charge in [-0.05, 0) is 49.9 Å². The lowest BCUT2D eigenvalue weighted by molar-refractivity contribution is -0.123. The number of carbonyl (C=O) groups is 1. The first kappa shape index (κ1) is 18.1. The molecule has 0 unspecified atom stereocenters. The van der Waals surface area contributed by atoms with Gasteiger partial charge >= 0.3 is 0 Å². The summed E-state index contributed by atoms with van der Waals surface area (Å²) in [4.78, 5) is 13.2. The maximum atomic E-state index is 12.0. The molecule has 1 amide bonds. The lowest BCUT2D eigenvalue weighted by Gasteiger charge is -2.30. The highest BCUT2D eigenvalue weighted by atomic mass is 32.2. The van der Waals surface area contributed by atoms with E-state index in [2.05, 4.69) is 37.4 Å². The zero-order valence-corrected chi connectivity index (χ0v) is 14.3. The first-order chi connectivity index (χ1) is 9.96. The first-order valence-electron chi connectivity index (χ1n) is 7.58. The number of aliphatic hydroxyl groups is 1. The highest BCUT2D eigenvalue weighted by Crippen LogP contribution is 2.22. The summed E-state index contributed by atoms with van der Waals surface area (Å²) in [5, 5.41) is 12.4. The predicted octanol–water partition coefficient (Wildman–Crippen LogP) is 3.45. The highest BCUT2D eigenvalue weighted by Gasteiger charge is 2.26. The largest absolute Gasteiger partial charge is 0.394 e. The monoisotopic (exact) mass is 309 g/mol. The van der Waals surface area contributed by atoms with Gasteiger partial charge in [0.15, 0.2) is 0 Å². The quantitative estimate of drug-likeness (QED) is 0.723. The molecule has 0 saturated carbocycles. The molecule has 0 aromatic heterocycles. The smallest absolute Gasteiger partial charge is 0.221 e. The second-order valence-electron chi connectivity index (χ2n) is 5.54. The van der Waals surface area contributed by atoms with Crippen molar-refractivity contribution < 1.29 is 9.90 Å². The van der Waals surface area contributed by atoms with Gasteiger partial charge < -0.3 is 10.4 Å². The van der Waals surface area contributed by atoms with Crippen molar-refractivity contribution in [1.82, 2.24) is 5.32 Å². The van der Waals surface area contributed by atoms with E-state index in [-0.39, 0.29) is 12.5 Å². The van der Waals surface area contributed by atoms with Crippen molar-refractivity contribution in [3.63, 3.8) is 0 Å². The van der Waals surface area contributed by atoms with E-state index < -0.39 is 5.54 Å². The number of thioether (sulfide) groups is 1. The summed E-state index contributed by atoms with van der Waals surface area (Å²) in [5.74, 6) is 0.771. The Balaban J connectivity index is 2.44. The van der Waals surface area contributed by atoms with Crippen LogP contribution in [-0.2, 0) is 4.79 Å². The van der Waals surface area contributed by atoms with Gasteiger partial charge in [-0.1, -0.05) is 19.9 Å². The Morgan fingerprint density at radius 3 is 2.43 bits per heavy atom. The van der Waals surface area contributed by atoms with Crippen molar-refractivity contribution in [2.75, 3.05) is 12.4 Å². The number of hydrogen-bond acceptors (Lipinski definition) is 3. The summed E-state index contributed by atoms with van der Waals surface area (Å²) in [6, 6.07) is 6.37. The van der Waals surface area contributed by atoms with Crippen LogP contribution in [0.5, 0.6) is 0 Å². The topological polar surface area (TPSA) is 49.3 Å². The minimum atomic E-state index is -0.456. The lowest BCUT2D eigenvalue weighted by atomic mass is 9.94. The summed E-state index contributed by atoms with van der Waals surface area (Å²) in [7, 11) is 0. The molecule has 2 N–H and O–H groups in total.